The maximum Gasteiger partial charge on any atom is 0.190 e. The minimum absolute atomic E-state index is 0. The third kappa shape index (κ3) is 7.13. The molecule has 2 aromatic carbocycles. The summed E-state index contributed by atoms with van der Waals surface area (Å²) in [6.45, 7) is 3.34. The zero-order chi connectivity index (χ0) is 19.8. The van der Waals surface area contributed by atoms with Gasteiger partial charge in [-0.2, -0.15) is 0 Å². The molecular formula is C22H29F2IN4. The highest BCUT2D eigenvalue weighted by Gasteiger charge is 2.23. The normalized spacial score (nSPS) is 16.4. The molecule has 29 heavy (non-hydrogen) atoms. The van der Waals surface area contributed by atoms with E-state index in [1.165, 1.54) is 17.7 Å². The molecule has 0 spiro atoms. The molecule has 1 atom stereocenters. The average Bonchev–Trinajstić information content (AvgIpc) is 3.19. The fraction of sp³-hybridized carbons (Fsp3) is 0.409. The zero-order valence-electron chi connectivity index (χ0n) is 16.7. The molecule has 158 valence electrons. The number of hydrogen-bond acceptors (Lipinski definition) is 2. The van der Waals surface area contributed by atoms with Crippen LogP contribution in [0.1, 0.15) is 18.4 Å². The fourth-order valence-electron chi connectivity index (χ4n) is 3.52. The van der Waals surface area contributed by atoms with Crippen molar-refractivity contribution in [3.05, 3.63) is 65.7 Å². The molecule has 1 fully saturated rings. The lowest BCUT2D eigenvalue weighted by Crippen LogP contribution is -2.40. The monoisotopic (exact) mass is 514 g/mol. The molecule has 2 aromatic rings. The zero-order valence-corrected chi connectivity index (χ0v) is 19.0. The molecule has 4 nitrogen and oxygen atoms in total. The number of guanidine groups is 1. The second-order valence-corrected chi connectivity index (χ2v) is 7.17. The number of nitrogens with zero attached hydrogens (tertiary/aromatic N) is 2. The Bertz CT molecular complexity index is 786. The topological polar surface area (TPSA) is 39.7 Å². The van der Waals surface area contributed by atoms with Gasteiger partial charge in [0.1, 0.15) is 0 Å². The number of aryl methyl sites for hydroxylation is 1. The first kappa shape index (κ1) is 23.4. The Morgan fingerprint density at radius 2 is 1.90 bits per heavy atom. The summed E-state index contributed by atoms with van der Waals surface area (Å²) >= 11 is 0. The molecule has 0 radical (unpaired) electrons. The number of nitrogens with one attached hydrogen (secondary N) is 2. The Kier molecular flexibility index (Phi) is 9.63. The molecule has 0 bridgehead atoms. The van der Waals surface area contributed by atoms with Crippen LogP contribution in [0.25, 0.3) is 0 Å². The summed E-state index contributed by atoms with van der Waals surface area (Å²) in [7, 11) is 1.77. The summed E-state index contributed by atoms with van der Waals surface area (Å²) in [5, 5.41) is 6.73. The highest BCUT2D eigenvalue weighted by Crippen LogP contribution is 2.24. The van der Waals surface area contributed by atoms with E-state index in [0.29, 0.717) is 5.92 Å². The van der Waals surface area contributed by atoms with Gasteiger partial charge in [0.05, 0.1) is 0 Å². The first-order valence-electron chi connectivity index (χ1n) is 9.84. The third-order valence-corrected chi connectivity index (χ3v) is 5.11. The smallest absolute Gasteiger partial charge is 0.190 e. The number of hydrogen-bond donors (Lipinski definition) is 2. The Labute approximate surface area is 188 Å². The van der Waals surface area contributed by atoms with Crippen LogP contribution in [0.3, 0.4) is 0 Å². The Morgan fingerprint density at radius 1 is 1.10 bits per heavy atom. The van der Waals surface area contributed by atoms with Crippen molar-refractivity contribution in [1.29, 1.82) is 0 Å². The lowest BCUT2D eigenvalue weighted by Gasteiger charge is -2.19. The Balaban J connectivity index is 0.00000300. The third-order valence-electron chi connectivity index (χ3n) is 5.11. The van der Waals surface area contributed by atoms with Gasteiger partial charge in [0.2, 0.25) is 0 Å². The van der Waals surface area contributed by atoms with E-state index in [9.17, 15) is 8.78 Å². The van der Waals surface area contributed by atoms with Crippen molar-refractivity contribution in [1.82, 2.24) is 10.6 Å². The van der Waals surface area contributed by atoms with E-state index in [2.05, 4.69) is 44.8 Å². The highest BCUT2D eigenvalue weighted by molar-refractivity contribution is 14.0. The van der Waals surface area contributed by atoms with E-state index in [1.54, 1.807) is 13.1 Å². The van der Waals surface area contributed by atoms with Gasteiger partial charge in [-0.1, -0.05) is 30.3 Å². The number of anilines is 1. The summed E-state index contributed by atoms with van der Waals surface area (Å²) in [4.78, 5) is 6.38. The van der Waals surface area contributed by atoms with Gasteiger partial charge in [0.15, 0.2) is 17.6 Å². The maximum atomic E-state index is 13.4. The quantitative estimate of drug-likeness (QED) is 0.252. The molecule has 2 N–H and O–H groups in total. The molecule has 3 rings (SSSR count). The van der Waals surface area contributed by atoms with Crippen LogP contribution >= 0.6 is 24.0 Å². The van der Waals surface area contributed by atoms with Crippen molar-refractivity contribution in [2.24, 2.45) is 10.9 Å². The van der Waals surface area contributed by atoms with Crippen LogP contribution in [-0.4, -0.2) is 39.2 Å². The lowest BCUT2D eigenvalue weighted by molar-refractivity contribution is 0.508. The molecule has 1 saturated heterocycles. The van der Waals surface area contributed by atoms with Crippen LogP contribution in [0.4, 0.5) is 14.5 Å². The molecule has 7 heteroatoms. The van der Waals surface area contributed by atoms with E-state index < -0.39 is 11.6 Å². The number of benzene rings is 2. The van der Waals surface area contributed by atoms with Gasteiger partial charge in [-0.3, -0.25) is 4.99 Å². The molecule has 0 amide bonds. The van der Waals surface area contributed by atoms with Gasteiger partial charge in [-0.25, -0.2) is 8.78 Å². The van der Waals surface area contributed by atoms with E-state index >= 15 is 0 Å². The number of aliphatic imine (C=N–C) groups is 1. The predicted octanol–water partition coefficient (Wildman–Crippen LogP) is 4.21. The molecule has 1 aliphatic heterocycles. The van der Waals surface area contributed by atoms with E-state index in [-0.39, 0.29) is 24.0 Å². The highest BCUT2D eigenvalue weighted by atomic mass is 127. The molecule has 0 aliphatic carbocycles. The second-order valence-electron chi connectivity index (χ2n) is 7.17. The maximum absolute atomic E-state index is 13.4. The Morgan fingerprint density at radius 3 is 2.62 bits per heavy atom. The summed E-state index contributed by atoms with van der Waals surface area (Å²) in [6.07, 6.45) is 3.09. The molecule has 0 saturated carbocycles. The summed E-state index contributed by atoms with van der Waals surface area (Å²) in [5.74, 6) is -0.349. The molecule has 1 unspecified atom stereocenters. The van der Waals surface area contributed by atoms with Crippen LogP contribution in [0.15, 0.2) is 53.5 Å². The van der Waals surface area contributed by atoms with Crippen LogP contribution in [0.5, 0.6) is 0 Å². The van der Waals surface area contributed by atoms with E-state index in [0.717, 1.165) is 57.1 Å². The van der Waals surface area contributed by atoms with Gasteiger partial charge >= 0.3 is 0 Å². The molecule has 0 aromatic heterocycles. The van der Waals surface area contributed by atoms with Crippen molar-refractivity contribution >= 4 is 35.6 Å². The van der Waals surface area contributed by atoms with Crippen LogP contribution in [-0.2, 0) is 6.42 Å². The van der Waals surface area contributed by atoms with E-state index in [1.807, 2.05) is 6.07 Å². The van der Waals surface area contributed by atoms with Gasteiger partial charge < -0.3 is 15.5 Å². The van der Waals surface area contributed by atoms with Crippen molar-refractivity contribution in [2.75, 3.05) is 38.1 Å². The van der Waals surface area contributed by atoms with Crippen LogP contribution < -0.4 is 15.5 Å². The van der Waals surface area contributed by atoms with Crippen molar-refractivity contribution in [3.63, 3.8) is 0 Å². The largest absolute Gasteiger partial charge is 0.371 e. The lowest BCUT2D eigenvalue weighted by atomic mass is 10.1. The second kappa shape index (κ2) is 11.9. The molecule has 1 aliphatic rings. The van der Waals surface area contributed by atoms with Gasteiger partial charge in [0.25, 0.3) is 0 Å². The first-order chi connectivity index (χ1) is 13.7. The van der Waals surface area contributed by atoms with Crippen LogP contribution in [0.2, 0.25) is 0 Å². The molecule has 1 heterocycles. The van der Waals surface area contributed by atoms with Gasteiger partial charge in [-0.05, 0) is 42.9 Å². The minimum Gasteiger partial charge on any atom is -0.371 e. The Hall–Kier alpha value is -1.90. The molecular weight excluding hydrogens is 485 g/mol. The van der Waals surface area contributed by atoms with Crippen LogP contribution in [0, 0.1) is 17.6 Å². The fourth-order valence-corrected chi connectivity index (χ4v) is 3.52. The van der Waals surface area contributed by atoms with Gasteiger partial charge in [0, 0.05) is 45.0 Å². The standard InChI is InChI=1S/C22H28F2N4.HI/c1-25-22(26-12-5-8-17-6-3-2-4-7-17)27-15-18-11-13-28(16-18)19-9-10-20(23)21(24)14-19;/h2-4,6-7,9-10,14,18H,5,8,11-13,15-16H2,1H3,(H2,25,26,27);1H. The average molecular weight is 514 g/mol. The number of halogens is 3. The summed E-state index contributed by atoms with van der Waals surface area (Å²) in [5.41, 5.74) is 2.08. The van der Waals surface area contributed by atoms with Crippen molar-refractivity contribution < 1.29 is 8.78 Å². The summed E-state index contributed by atoms with van der Waals surface area (Å²) < 4.78 is 26.6. The van der Waals surface area contributed by atoms with Crippen molar-refractivity contribution in [2.45, 2.75) is 19.3 Å². The van der Waals surface area contributed by atoms with E-state index in [4.69, 9.17) is 0 Å². The predicted molar refractivity (Wildman–Crippen MR) is 126 cm³/mol. The first-order valence-corrected chi connectivity index (χ1v) is 9.84. The summed E-state index contributed by atoms with van der Waals surface area (Å²) in [6, 6.07) is 14.6. The van der Waals surface area contributed by atoms with Crippen molar-refractivity contribution in [3.8, 4) is 0 Å². The SMILES string of the molecule is CN=C(NCCCc1ccccc1)NCC1CCN(c2ccc(F)c(F)c2)C1.I. The minimum atomic E-state index is -0.802. The number of rotatable bonds is 7. The van der Waals surface area contributed by atoms with Gasteiger partial charge in [-0.15, -0.1) is 24.0 Å².